The SMILES string of the molecule is N=C(N)c1cccc(S(=O)(=O)c2cccc(Br)c2)c1. The van der Waals surface area contributed by atoms with Gasteiger partial charge in [0.2, 0.25) is 9.84 Å². The predicted octanol–water partition coefficient (Wildman–Crippen LogP) is 2.57. The predicted molar refractivity (Wildman–Crippen MR) is 77.1 cm³/mol. The molecule has 3 N–H and O–H groups in total. The topological polar surface area (TPSA) is 84.0 Å². The molecule has 0 heterocycles. The third kappa shape index (κ3) is 2.85. The second kappa shape index (κ2) is 5.14. The summed E-state index contributed by atoms with van der Waals surface area (Å²) in [5.74, 6) is -0.161. The van der Waals surface area contributed by atoms with Gasteiger partial charge in [-0.1, -0.05) is 34.1 Å². The Balaban J connectivity index is 2.57. The average molecular weight is 339 g/mol. The van der Waals surface area contributed by atoms with Crippen molar-refractivity contribution < 1.29 is 8.42 Å². The van der Waals surface area contributed by atoms with E-state index < -0.39 is 9.84 Å². The fourth-order valence-corrected chi connectivity index (χ4v) is 3.50. The van der Waals surface area contributed by atoms with E-state index in [4.69, 9.17) is 11.1 Å². The van der Waals surface area contributed by atoms with Gasteiger partial charge in [0.05, 0.1) is 9.79 Å². The van der Waals surface area contributed by atoms with Crippen molar-refractivity contribution in [2.45, 2.75) is 9.79 Å². The zero-order valence-electron chi connectivity index (χ0n) is 9.80. The Hall–Kier alpha value is -1.66. The van der Waals surface area contributed by atoms with Crippen molar-refractivity contribution in [2.24, 2.45) is 5.73 Å². The zero-order chi connectivity index (χ0) is 14.0. The van der Waals surface area contributed by atoms with E-state index in [1.54, 1.807) is 24.3 Å². The largest absolute Gasteiger partial charge is 0.384 e. The minimum Gasteiger partial charge on any atom is -0.384 e. The van der Waals surface area contributed by atoms with E-state index in [0.717, 1.165) is 0 Å². The van der Waals surface area contributed by atoms with Crippen molar-refractivity contribution in [3.8, 4) is 0 Å². The summed E-state index contributed by atoms with van der Waals surface area (Å²) in [6, 6.07) is 12.5. The van der Waals surface area contributed by atoms with Gasteiger partial charge in [-0.25, -0.2) is 8.42 Å². The second-order valence-corrected chi connectivity index (χ2v) is 6.77. The number of nitrogens with one attached hydrogen (secondary N) is 1. The lowest BCUT2D eigenvalue weighted by Gasteiger charge is -2.06. The first-order valence-corrected chi connectivity index (χ1v) is 7.64. The fraction of sp³-hybridized carbons (Fsp3) is 0. The van der Waals surface area contributed by atoms with Crippen LogP contribution >= 0.6 is 15.9 Å². The molecule has 0 aliphatic rings. The van der Waals surface area contributed by atoms with Gasteiger partial charge in [0.25, 0.3) is 0 Å². The molecule has 0 spiro atoms. The van der Waals surface area contributed by atoms with Gasteiger partial charge in [0.1, 0.15) is 5.84 Å². The first-order chi connectivity index (χ1) is 8.91. The van der Waals surface area contributed by atoms with Gasteiger partial charge < -0.3 is 5.73 Å². The summed E-state index contributed by atoms with van der Waals surface area (Å²) in [5, 5.41) is 7.35. The van der Waals surface area contributed by atoms with E-state index in [-0.39, 0.29) is 15.6 Å². The van der Waals surface area contributed by atoms with Crippen LogP contribution in [0.5, 0.6) is 0 Å². The summed E-state index contributed by atoms with van der Waals surface area (Å²) in [6.07, 6.45) is 0. The van der Waals surface area contributed by atoms with Gasteiger partial charge in [-0.15, -0.1) is 0 Å². The fourth-order valence-electron chi connectivity index (χ4n) is 1.60. The second-order valence-electron chi connectivity index (χ2n) is 3.90. The van der Waals surface area contributed by atoms with E-state index in [1.807, 2.05) is 0 Å². The average Bonchev–Trinajstić information content (AvgIpc) is 2.39. The molecule has 19 heavy (non-hydrogen) atoms. The van der Waals surface area contributed by atoms with Crippen molar-refractivity contribution in [1.29, 1.82) is 5.41 Å². The summed E-state index contributed by atoms with van der Waals surface area (Å²) in [7, 11) is -3.60. The molecule has 4 nitrogen and oxygen atoms in total. The first-order valence-electron chi connectivity index (χ1n) is 5.36. The Kier molecular flexibility index (Phi) is 3.73. The van der Waals surface area contributed by atoms with Gasteiger partial charge in [0.15, 0.2) is 0 Å². The summed E-state index contributed by atoms with van der Waals surface area (Å²) in [5.41, 5.74) is 5.75. The first kappa shape index (κ1) is 13.8. The lowest BCUT2D eigenvalue weighted by Crippen LogP contribution is -2.12. The molecule has 2 aromatic carbocycles. The zero-order valence-corrected chi connectivity index (χ0v) is 12.2. The molecule has 2 aromatic rings. The maximum atomic E-state index is 12.4. The minimum atomic E-state index is -3.60. The molecule has 0 amide bonds. The van der Waals surface area contributed by atoms with Crippen LogP contribution in [0.2, 0.25) is 0 Å². The molecule has 0 saturated heterocycles. The number of hydrogen-bond acceptors (Lipinski definition) is 3. The number of hydrogen-bond donors (Lipinski definition) is 2. The lowest BCUT2D eigenvalue weighted by atomic mass is 10.2. The highest BCUT2D eigenvalue weighted by Crippen LogP contribution is 2.24. The monoisotopic (exact) mass is 338 g/mol. The van der Waals surface area contributed by atoms with Crippen LogP contribution in [0.3, 0.4) is 0 Å². The van der Waals surface area contributed by atoms with Gasteiger partial charge in [-0.2, -0.15) is 0 Å². The molecule has 0 bridgehead atoms. The number of amidine groups is 1. The maximum absolute atomic E-state index is 12.4. The van der Waals surface area contributed by atoms with E-state index in [2.05, 4.69) is 15.9 Å². The van der Waals surface area contributed by atoms with E-state index in [1.165, 1.54) is 24.3 Å². The molecule has 0 fully saturated rings. The Bertz CT molecular complexity index is 742. The van der Waals surface area contributed by atoms with Crippen LogP contribution in [-0.4, -0.2) is 14.3 Å². The highest BCUT2D eigenvalue weighted by molar-refractivity contribution is 9.10. The highest BCUT2D eigenvalue weighted by Gasteiger charge is 2.18. The van der Waals surface area contributed by atoms with Crippen LogP contribution in [0.4, 0.5) is 0 Å². The third-order valence-corrected chi connectivity index (χ3v) is 4.80. The molecule has 0 aliphatic carbocycles. The number of sulfone groups is 1. The number of rotatable bonds is 3. The molecule has 2 rings (SSSR count). The molecule has 0 unspecified atom stereocenters. The van der Waals surface area contributed by atoms with Crippen LogP contribution in [0.25, 0.3) is 0 Å². The van der Waals surface area contributed by atoms with Gasteiger partial charge >= 0.3 is 0 Å². The van der Waals surface area contributed by atoms with Gasteiger partial charge in [-0.3, -0.25) is 5.41 Å². The molecular weight excluding hydrogens is 328 g/mol. The summed E-state index contributed by atoms with van der Waals surface area (Å²) in [4.78, 5) is 0.320. The van der Waals surface area contributed by atoms with Crippen LogP contribution in [0.1, 0.15) is 5.56 Å². The molecule has 0 atom stereocenters. The van der Waals surface area contributed by atoms with Gasteiger partial charge in [-0.05, 0) is 30.3 Å². The Morgan fingerprint density at radius 3 is 2.21 bits per heavy atom. The summed E-state index contributed by atoms with van der Waals surface area (Å²) >= 11 is 3.25. The smallest absolute Gasteiger partial charge is 0.206 e. The number of nitrogens with two attached hydrogens (primary N) is 1. The maximum Gasteiger partial charge on any atom is 0.206 e. The quantitative estimate of drug-likeness (QED) is 0.666. The molecule has 6 heteroatoms. The Labute approximate surface area is 119 Å². The van der Waals surface area contributed by atoms with Crippen LogP contribution in [0.15, 0.2) is 62.8 Å². The number of halogens is 1. The third-order valence-electron chi connectivity index (χ3n) is 2.56. The van der Waals surface area contributed by atoms with Crippen molar-refractivity contribution in [3.63, 3.8) is 0 Å². The molecule has 0 aliphatic heterocycles. The summed E-state index contributed by atoms with van der Waals surface area (Å²) < 4.78 is 25.5. The Morgan fingerprint density at radius 1 is 1.05 bits per heavy atom. The molecule has 0 radical (unpaired) electrons. The van der Waals surface area contributed by atoms with E-state index in [0.29, 0.717) is 10.0 Å². The van der Waals surface area contributed by atoms with Crippen LogP contribution in [-0.2, 0) is 9.84 Å². The van der Waals surface area contributed by atoms with Crippen molar-refractivity contribution in [2.75, 3.05) is 0 Å². The van der Waals surface area contributed by atoms with E-state index >= 15 is 0 Å². The lowest BCUT2D eigenvalue weighted by molar-refractivity contribution is 0.596. The minimum absolute atomic E-state index is 0.123. The van der Waals surface area contributed by atoms with Crippen molar-refractivity contribution >= 4 is 31.6 Å². The van der Waals surface area contributed by atoms with Crippen LogP contribution in [0, 0.1) is 5.41 Å². The number of benzene rings is 2. The molecule has 98 valence electrons. The van der Waals surface area contributed by atoms with Crippen LogP contribution < -0.4 is 5.73 Å². The van der Waals surface area contributed by atoms with E-state index in [9.17, 15) is 8.42 Å². The summed E-state index contributed by atoms with van der Waals surface area (Å²) in [6.45, 7) is 0. The molecule has 0 aromatic heterocycles. The number of nitrogen functional groups attached to an aromatic ring is 1. The van der Waals surface area contributed by atoms with Crippen molar-refractivity contribution in [3.05, 3.63) is 58.6 Å². The molecular formula is C13H11BrN2O2S. The Morgan fingerprint density at radius 2 is 1.63 bits per heavy atom. The highest BCUT2D eigenvalue weighted by atomic mass is 79.9. The normalized spacial score (nSPS) is 11.2. The van der Waals surface area contributed by atoms with Gasteiger partial charge in [0, 0.05) is 10.0 Å². The van der Waals surface area contributed by atoms with Crippen molar-refractivity contribution in [1.82, 2.24) is 0 Å². The standard InChI is InChI=1S/C13H11BrN2O2S/c14-10-4-2-6-12(8-10)19(17,18)11-5-1-3-9(7-11)13(15)16/h1-8H,(H3,15,16). The molecule has 0 saturated carbocycles.